The second-order valence-corrected chi connectivity index (χ2v) is 2.86. The number of amides is 1. The fraction of sp³-hybridized carbons (Fsp3) is 0.444. The third-order valence-corrected chi connectivity index (χ3v) is 2.00. The minimum absolute atomic E-state index is 0.315. The van der Waals surface area contributed by atoms with Crippen LogP contribution in [0.1, 0.15) is 13.3 Å². The van der Waals surface area contributed by atoms with Crippen LogP contribution in [-0.4, -0.2) is 18.0 Å². The molecule has 1 unspecified atom stereocenters. The number of hydrogen-bond acceptors (Lipinski definition) is 2. The van der Waals surface area contributed by atoms with Gasteiger partial charge < -0.3 is 11.1 Å². The lowest BCUT2D eigenvalue weighted by atomic mass is 9.90. The first-order valence-corrected chi connectivity index (χ1v) is 4.10. The van der Waals surface area contributed by atoms with Gasteiger partial charge in [0.15, 0.2) is 0 Å². The summed E-state index contributed by atoms with van der Waals surface area (Å²) < 4.78 is 0. The smallest absolute Gasteiger partial charge is 0.242 e. The third kappa shape index (κ3) is 1.56. The molecule has 0 saturated heterocycles. The molecule has 0 heterocycles. The number of allylic oxidation sites excluding steroid dienone is 2. The number of carbonyl (C=O) groups excluding carboxylic acids is 1. The molecule has 1 amide bonds. The minimum atomic E-state index is -0.649. The molecule has 1 aliphatic carbocycles. The number of primary amides is 1. The molecule has 0 aromatic rings. The second kappa shape index (κ2) is 3.54. The number of carbonyl (C=O) groups is 1. The fourth-order valence-corrected chi connectivity index (χ4v) is 1.34. The summed E-state index contributed by atoms with van der Waals surface area (Å²) in [5.74, 6) is -0.315. The van der Waals surface area contributed by atoms with E-state index in [1.165, 1.54) is 0 Å². The van der Waals surface area contributed by atoms with E-state index in [1.54, 1.807) is 0 Å². The zero-order chi connectivity index (χ0) is 9.03. The zero-order valence-corrected chi connectivity index (χ0v) is 7.21. The SMILES string of the molecule is CCNC1(C(N)=O)C=CC=CC1. The Labute approximate surface area is 72.3 Å². The first-order valence-electron chi connectivity index (χ1n) is 4.10. The van der Waals surface area contributed by atoms with Crippen molar-refractivity contribution in [2.24, 2.45) is 5.73 Å². The van der Waals surface area contributed by atoms with Crippen molar-refractivity contribution in [3.8, 4) is 0 Å². The molecule has 0 aromatic carbocycles. The van der Waals surface area contributed by atoms with Crippen LogP contribution in [0.5, 0.6) is 0 Å². The van der Waals surface area contributed by atoms with E-state index in [0.717, 1.165) is 6.54 Å². The molecule has 66 valence electrons. The molecule has 0 aromatic heterocycles. The maximum Gasteiger partial charge on any atom is 0.242 e. The van der Waals surface area contributed by atoms with Gasteiger partial charge in [-0.2, -0.15) is 0 Å². The van der Waals surface area contributed by atoms with E-state index in [0.29, 0.717) is 6.42 Å². The van der Waals surface area contributed by atoms with Crippen molar-refractivity contribution < 1.29 is 4.79 Å². The quantitative estimate of drug-likeness (QED) is 0.635. The van der Waals surface area contributed by atoms with Gasteiger partial charge in [0.2, 0.25) is 5.91 Å². The molecule has 0 fully saturated rings. The zero-order valence-electron chi connectivity index (χ0n) is 7.21. The Morgan fingerprint density at radius 2 is 2.42 bits per heavy atom. The topological polar surface area (TPSA) is 55.1 Å². The number of likely N-dealkylation sites (N-methyl/N-ethyl adjacent to an activating group) is 1. The predicted molar refractivity (Wildman–Crippen MR) is 48.5 cm³/mol. The number of hydrogen-bond donors (Lipinski definition) is 2. The Bertz CT molecular complexity index is 233. The molecular weight excluding hydrogens is 152 g/mol. The lowest BCUT2D eigenvalue weighted by molar-refractivity contribution is -0.122. The summed E-state index contributed by atoms with van der Waals surface area (Å²) in [5, 5.41) is 3.08. The third-order valence-electron chi connectivity index (χ3n) is 2.00. The van der Waals surface area contributed by atoms with Crippen LogP contribution >= 0.6 is 0 Å². The number of nitrogens with two attached hydrogens (primary N) is 1. The number of rotatable bonds is 3. The van der Waals surface area contributed by atoms with Gasteiger partial charge in [-0.3, -0.25) is 4.79 Å². The van der Waals surface area contributed by atoms with Crippen LogP contribution in [0, 0.1) is 0 Å². The molecule has 0 spiro atoms. The maximum atomic E-state index is 11.1. The molecule has 3 nitrogen and oxygen atoms in total. The van der Waals surface area contributed by atoms with Crippen molar-refractivity contribution in [1.82, 2.24) is 5.32 Å². The van der Waals surface area contributed by atoms with Crippen molar-refractivity contribution in [3.05, 3.63) is 24.3 Å². The van der Waals surface area contributed by atoms with E-state index in [-0.39, 0.29) is 5.91 Å². The standard InChI is InChI=1S/C9H14N2O/c1-2-11-9(8(10)12)6-4-3-5-7-9/h3-6,11H,2,7H2,1H3,(H2,10,12). The van der Waals surface area contributed by atoms with Gasteiger partial charge in [0.25, 0.3) is 0 Å². The summed E-state index contributed by atoms with van der Waals surface area (Å²) in [4.78, 5) is 11.1. The molecule has 3 N–H and O–H groups in total. The van der Waals surface area contributed by atoms with Gasteiger partial charge in [-0.05, 0) is 13.0 Å². The summed E-state index contributed by atoms with van der Waals surface area (Å²) in [5.41, 5.74) is 4.65. The Hall–Kier alpha value is -1.09. The lowest BCUT2D eigenvalue weighted by Gasteiger charge is -2.28. The van der Waals surface area contributed by atoms with Crippen LogP contribution in [0.3, 0.4) is 0 Å². The van der Waals surface area contributed by atoms with Crippen molar-refractivity contribution in [1.29, 1.82) is 0 Å². The molecule has 0 aliphatic heterocycles. The highest BCUT2D eigenvalue weighted by Gasteiger charge is 2.32. The first kappa shape index (κ1) is 9.00. The summed E-state index contributed by atoms with van der Waals surface area (Å²) in [6, 6.07) is 0. The number of nitrogens with one attached hydrogen (secondary N) is 1. The van der Waals surface area contributed by atoms with Gasteiger partial charge in [0.05, 0.1) is 0 Å². The van der Waals surface area contributed by atoms with E-state index in [1.807, 2.05) is 31.2 Å². The highest BCUT2D eigenvalue weighted by atomic mass is 16.1. The molecule has 1 aliphatic rings. The Balaban J connectivity index is 2.80. The van der Waals surface area contributed by atoms with Crippen LogP contribution in [0.25, 0.3) is 0 Å². The normalized spacial score (nSPS) is 27.4. The van der Waals surface area contributed by atoms with Gasteiger partial charge in [0, 0.05) is 0 Å². The van der Waals surface area contributed by atoms with E-state index >= 15 is 0 Å². The van der Waals surface area contributed by atoms with E-state index < -0.39 is 5.54 Å². The molecule has 0 bridgehead atoms. The highest BCUT2D eigenvalue weighted by Crippen LogP contribution is 2.16. The Morgan fingerprint density at radius 3 is 2.83 bits per heavy atom. The Morgan fingerprint density at radius 1 is 1.67 bits per heavy atom. The van der Waals surface area contributed by atoms with Crippen LogP contribution in [-0.2, 0) is 4.79 Å². The van der Waals surface area contributed by atoms with Crippen molar-refractivity contribution >= 4 is 5.91 Å². The van der Waals surface area contributed by atoms with E-state index in [4.69, 9.17) is 5.73 Å². The summed E-state index contributed by atoms with van der Waals surface area (Å²) in [7, 11) is 0. The van der Waals surface area contributed by atoms with Crippen LogP contribution in [0.4, 0.5) is 0 Å². The lowest BCUT2D eigenvalue weighted by Crippen LogP contribution is -2.54. The van der Waals surface area contributed by atoms with Crippen LogP contribution < -0.4 is 11.1 Å². The van der Waals surface area contributed by atoms with Crippen molar-refractivity contribution in [2.45, 2.75) is 18.9 Å². The highest BCUT2D eigenvalue weighted by molar-refractivity contribution is 5.87. The average molecular weight is 166 g/mol. The van der Waals surface area contributed by atoms with Gasteiger partial charge in [-0.25, -0.2) is 0 Å². The van der Waals surface area contributed by atoms with Crippen LogP contribution in [0.15, 0.2) is 24.3 Å². The van der Waals surface area contributed by atoms with Crippen molar-refractivity contribution in [3.63, 3.8) is 0 Å². The van der Waals surface area contributed by atoms with Gasteiger partial charge in [0.1, 0.15) is 5.54 Å². The molecule has 1 atom stereocenters. The molecule has 12 heavy (non-hydrogen) atoms. The summed E-state index contributed by atoms with van der Waals surface area (Å²) in [6.45, 7) is 2.69. The van der Waals surface area contributed by atoms with Crippen molar-refractivity contribution in [2.75, 3.05) is 6.54 Å². The second-order valence-electron chi connectivity index (χ2n) is 2.86. The maximum absolute atomic E-state index is 11.1. The largest absolute Gasteiger partial charge is 0.368 e. The molecular formula is C9H14N2O. The summed E-state index contributed by atoms with van der Waals surface area (Å²) >= 11 is 0. The Kier molecular flexibility index (Phi) is 2.65. The van der Waals surface area contributed by atoms with Gasteiger partial charge in [-0.15, -0.1) is 0 Å². The van der Waals surface area contributed by atoms with E-state index in [2.05, 4.69) is 5.32 Å². The molecule has 0 saturated carbocycles. The van der Waals surface area contributed by atoms with Crippen LogP contribution in [0.2, 0.25) is 0 Å². The molecule has 3 heteroatoms. The predicted octanol–water partition coefficient (Wildman–Crippen LogP) is 0.336. The van der Waals surface area contributed by atoms with E-state index in [9.17, 15) is 4.79 Å². The molecule has 0 radical (unpaired) electrons. The monoisotopic (exact) mass is 166 g/mol. The first-order chi connectivity index (χ1) is 5.71. The fourth-order valence-electron chi connectivity index (χ4n) is 1.34. The summed E-state index contributed by atoms with van der Waals surface area (Å²) in [6.07, 6.45) is 8.16. The molecule has 1 rings (SSSR count). The van der Waals surface area contributed by atoms with Gasteiger partial charge in [-0.1, -0.05) is 31.2 Å². The van der Waals surface area contributed by atoms with Gasteiger partial charge >= 0.3 is 0 Å². The minimum Gasteiger partial charge on any atom is -0.368 e. The average Bonchev–Trinajstić information content (AvgIpc) is 2.06.